The van der Waals surface area contributed by atoms with Crippen molar-refractivity contribution in [3.05, 3.63) is 82.9 Å². The van der Waals surface area contributed by atoms with Crippen molar-refractivity contribution in [1.29, 1.82) is 0 Å². The number of ether oxygens (including phenoxy) is 3. The lowest BCUT2D eigenvalue weighted by molar-refractivity contribution is 0.0320. The van der Waals surface area contributed by atoms with Crippen LogP contribution in [0.5, 0.6) is 11.5 Å². The number of carbonyl (C=O) groups is 2. The molecule has 1 aliphatic heterocycles. The third-order valence-corrected chi connectivity index (χ3v) is 6.58. The second-order valence-electron chi connectivity index (χ2n) is 7.38. The highest BCUT2D eigenvalue weighted by Gasteiger charge is 2.25. The van der Waals surface area contributed by atoms with Crippen LogP contribution >= 0.6 is 11.6 Å². The summed E-state index contributed by atoms with van der Waals surface area (Å²) in [4.78, 5) is 25.4. The Labute approximate surface area is 201 Å². The van der Waals surface area contributed by atoms with Gasteiger partial charge >= 0.3 is 5.97 Å². The zero-order valence-corrected chi connectivity index (χ0v) is 19.6. The van der Waals surface area contributed by atoms with Gasteiger partial charge in [0.15, 0.2) is 17.6 Å². The van der Waals surface area contributed by atoms with Gasteiger partial charge in [-0.25, -0.2) is 13.2 Å². The van der Waals surface area contributed by atoms with E-state index in [1.807, 2.05) is 0 Å². The van der Waals surface area contributed by atoms with Crippen LogP contribution in [-0.2, 0) is 14.8 Å². The molecule has 0 unspecified atom stereocenters. The van der Waals surface area contributed by atoms with Crippen LogP contribution in [0.15, 0.2) is 71.6 Å². The Balaban J connectivity index is 1.53. The molecule has 0 fully saturated rings. The number of halogens is 1. The normalized spacial score (nSPS) is 13.6. The van der Waals surface area contributed by atoms with Gasteiger partial charge in [-0.1, -0.05) is 35.9 Å². The fraction of sp³-hybridized carbons (Fsp3) is 0.167. The van der Waals surface area contributed by atoms with Crippen LogP contribution < -0.4 is 14.2 Å². The molecule has 8 nitrogen and oxygen atoms in total. The highest BCUT2D eigenvalue weighted by atomic mass is 35.5. The number of Topliss-reactive ketones (excluding diaryl/α,β-unsaturated/α-hetero) is 1. The summed E-state index contributed by atoms with van der Waals surface area (Å²) in [5.41, 5.74) is 0.250. The average Bonchev–Trinajstić information content (AvgIpc) is 2.83. The Kier molecular flexibility index (Phi) is 6.76. The number of esters is 1. The molecule has 3 aromatic carbocycles. The fourth-order valence-electron chi connectivity index (χ4n) is 3.30. The summed E-state index contributed by atoms with van der Waals surface area (Å²) in [5.74, 6) is -0.531. The van der Waals surface area contributed by atoms with Crippen LogP contribution in [0.1, 0.15) is 27.6 Å². The van der Waals surface area contributed by atoms with Crippen LogP contribution in [0.25, 0.3) is 0 Å². The van der Waals surface area contributed by atoms with E-state index in [4.69, 9.17) is 25.8 Å². The summed E-state index contributed by atoms with van der Waals surface area (Å²) in [6.45, 7) is 2.12. The molecule has 176 valence electrons. The quantitative estimate of drug-likeness (QED) is 0.379. The highest BCUT2D eigenvalue weighted by molar-refractivity contribution is 7.92. The molecule has 1 aliphatic rings. The van der Waals surface area contributed by atoms with Gasteiger partial charge in [0, 0.05) is 16.7 Å². The van der Waals surface area contributed by atoms with Crippen LogP contribution in [0.4, 0.5) is 5.69 Å². The number of carbonyl (C=O) groups excluding carboxylic acids is 2. The lowest BCUT2D eigenvalue weighted by Crippen LogP contribution is -2.25. The SMILES string of the molecule is C[C@H](OC(=O)c1ccccc1NS(=O)(=O)c1ccc2c(c1)OCCO2)C(=O)c1cccc(Cl)c1. The first-order valence-electron chi connectivity index (χ1n) is 10.3. The number of ketones is 1. The van der Waals surface area contributed by atoms with E-state index in [0.29, 0.717) is 35.3 Å². The molecule has 0 saturated heterocycles. The molecule has 10 heteroatoms. The number of anilines is 1. The van der Waals surface area contributed by atoms with Crippen LogP contribution in [-0.4, -0.2) is 39.5 Å². The van der Waals surface area contributed by atoms with Gasteiger partial charge in [0.25, 0.3) is 10.0 Å². The predicted octanol–water partition coefficient (Wildman–Crippen LogP) is 4.34. The molecule has 1 atom stereocenters. The smallest absolute Gasteiger partial charge is 0.340 e. The fourth-order valence-corrected chi connectivity index (χ4v) is 4.58. The minimum absolute atomic E-state index is 0.00444. The van der Waals surface area contributed by atoms with Gasteiger partial charge in [-0.3, -0.25) is 9.52 Å². The lowest BCUT2D eigenvalue weighted by atomic mass is 10.1. The molecule has 0 aromatic heterocycles. The Bertz CT molecular complexity index is 1360. The average molecular weight is 502 g/mol. The third-order valence-electron chi connectivity index (χ3n) is 4.98. The van der Waals surface area contributed by atoms with Crippen LogP contribution in [0.2, 0.25) is 5.02 Å². The minimum Gasteiger partial charge on any atom is -0.486 e. The first kappa shape index (κ1) is 23.6. The van der Waals surface area contributed by atoms with Crippen molar-refractivity contribution in [2.45, 2.75) is 17.9 Å². The molecule has 0 bridgehead atoms. The van der Waals surface area contributed by atoms with Gasteiger partial charge in [-0.05, 0) is 43.3 Å². The maximum absolute atomic E-state index is 13.0. The molecule has 34 heavy (non-hydrogen) atoms. The number of fused-ring (bicyclic) bond motifs is 1. The number of hydrogen-bond donors (Lipinski definition) is 1. The Morgan fingerprint density at radius 1 is 0.971 bits per heavy atom. The standard InChI is InChI=1S/C24H20ClNO7S/c1-15(23(27)16-5-4-6-17(25)13-16)33-24(28)19-7-2-3-8-20(19)26-34(29,30)18-9-10-21-22(14-18)32-12-11-31-21/h2-10,13-15,26H,11-12H2,1H3/t15-/m0/s1. The topological polar surface area (TPSA) is 108 Å². The molecular formula is C24H20ClNO7S. The van der Waals surface area contributed by atoms with Crippen molar-refractivity contribution < 1.29 is 32.2 Å². The van der Waals surface area contributed by atoms with Crippen molar-refractivity contribution in [3.63, 3.8) is 0 Å². The molecule has 0 amide bonds. The lowest BCUT2D eigenvalue weighted by Gasteiger charge is -2.19. The number of nitrogens with one attached hydrogen (secondary N) is 1. The summed E-state index contributed by atoms with van der Waals surface area (Å²) in [5, 5.41) is 0.378. The van der Waals surface area contributed by atoms with E-state index in [1.54, 1.807) is 30.3 Å². The van der Waals surface area contributed by atoms with Crippen molar-refractivity contribution in [2.75, 3.05) is 17.9 Å². The van der Waals surface area contributed by atoms with Gasteiger partial charge in [0.05, 0.1) is 16.1 Å². The van der Waals surface area contributed by atoms with Gasteiger partial charge in [-0.2, -0.15) is 0 Å². The molecule has 0 saturated carbocycles. The Morgan fingerprint density at radius 2 is 1.71 bits per heavy atom. The largest absolute Gasteiger partial charge is 0.486 e. The Morgan fingerprint density at radius 3 is 2.47 bits per heavy atom. The molecule has 0 radical (unpaired) electrons. The summed E-state index contributed by atoms with van der Waals surface area (Å²) in [6, 6.07) is 16.5. The van der Waals surface area contributed by atoms with E-state index < -0.39 is 27.9 Å². The molecule has 1 heterocycles. The van der Waals surface area contributed by atoms with Gasteiger partial charge in [0.1, 0.15) is 13.2 Å². The number of benzene rings is 3. The van der Waals surface area contributed by atoms with Crippen molar-refractivity contribution in [2.24, 2.45) is 0 Å². The van der Waals surface area contributed by atoms with E-state index in [2.05, 4.69) is 4.72 Å². The van der Waals surface area contributed by atoms with Gasteiger partial charge in [0.2, 0.25) is 5.78 Å². The van der Waals surface area contributed by atoms with Crippen molar-refractivity contribution in [1.82, 2.24) is 0 Å². The van der Waals surface area contributed by atoms with Gasteiger partial charge < -0.3 is 14.2 Å². The van der Waals surface area contributed by atoms with E-state index in [0.717, 1.165) is 0 Å². The molecule has 1 N–H and O–H groups in total. The highest BCUT2D eigenvalue weighted by Crippen LogP contribution is 2.33. The molecular weight excluding hydrogens is 482 g/mol. The van der Waals surface area contributed by atoms with Crippen molar-refractivity contribution in [3.8, 4) is 11.5 Å². The number of para-hydroxylation sites is 1. The van der Waals surface area contributed by atoms with Crippen LogP contribution in [0.3, 0.4) is 0 Å². The van der Waals surface area contributed by atoms with E-state index in [9.17, 15) is 18.0 Å². The molecule has 0 aliphatic carbocycles. The third kappa shape index (κ3) is 5.16. The second-order valence-corrected chi connectivity index (χ2v) is 9.50. The zero-order chi connectivity index (χ0) is 24.3. The predicted molar refractivity (Wildman–Crippen MR) is 125 cm³/mol. The molecule has 4 rings (SSSR count). The van der Waals surface area contributed by atoms with Crippen LogP contribution in [0, 0.1) is 0 Å². The van der Waals surface area contributed by atoms with E-state index >= 15 is 0 Å². The van der Waals surface area contributed by atoms with Gasteiger partial charge in [-0.15, -0.1) is 0 Å². The first-order valence-corrected chi connectivity index (χ1v) is 12.1. The van der Waals surface area contributed by atoms with Crippen molar-refractivity contribution >= 4 is 39.1 Å². The maximum Gasteiger partial charge on any atom is 0.340 e. The monoisotopic (exact) mass is 501 g/mol. The summed E-state index contributed by atoms with van der Waals surface area (Å²) >= 11 is 5.93. The summed E-state index contributed by atoms with van der Waals surface area (Å²) < 4.78 is 44.6. The summed E-state index contributed by atoms with van der Waals surface area (Å²) in [7, 11) is -4.07. The number of hydrogen-bond acceptors (Lipinski definition) is 7. The Hall–Kier alpha value is -3.56. The van der Waals surface area contributed by atoms with E-state index in [1.165, 1.54) is 43.3 Å². The minimum atomic E-state index is -4.07. The second kappa shape index (κ2) is 9.74. The maximum atomic E-state index is 13.0. The summed E-state index contributed by atoms with van der Waals surface area (Å²) in [6.07, 6.45) is -1.12. The van der Waals surface area contributed by atoms with E-state index in [-0.39, 0.29) is 16.1 Å². The number of rotatable bonds is 7. The molecule has 3 aromatic rings. The molecule has 0 spiro atoms. The zero-order valence-electron chi connectivity index (χ0n) is 18.0. The first-order chi connectivity index (χ1) is 16.2. The number of sulfonamides is 1.